The predicted molar refractivity (Wildman–Crippen MR) is 208 cm³/mol. The third-order valence-corrected chi connectivity index (χ3v) is 10.5. The first-order valence-corrected chi connectivity index (χ1v) is 22.1. The molecule has 0 saturated carbocycles. The van der Waals surface area contributed by atoms with E-state index in [4.69, 9.17) is 0 Å². The second-order valence-electron chi connectivity index (χ2n) is 15.4. The summed E-state index contributed by atoms with van der Waals surface area (Å²) < 4.78 is 0. The van der Waals surface area contributed by atoms with Crippen LogP contribution in [0.3, 0.4) is 0 Å². The molecule has 0 unspecified atom stereocenters. The van der Waals surface area contributed by atoms with E-state index in [0.29, 0.717) is 0 Å². The number of hydrogen-bond donors (Lipinski definition) is 0. The summed E-state index contributed by atoms with van der Waals surface area (Å²) in [4.78, 5) is 13.4. The molecule has 0 saturated heterocycles. The molecule has 0 spiro atoms. The van der Waals surface area contributed by atoms with Crippen molar-refractivity contribution in [3.8, 4) is 0 Å². The van der Waals surface area contributed by atoms with Crippen molar-refractivity contribution in [2.75, 3.05) is 19.6 Å². The smallest absolute Gasteiger partial charge is 0.549 e. The molecule has 0 aliphatic heterocycles. The zero-order valence-electron chi connectivity index (χ0n) is 33.8. The van der Waals surface area contributed by atoms with Gasteiger partial charge in [0.05, 0.1) is 5.97 Å². The van der Waals surface area contributed by atoms with Crippen molar-refractivity contribution >= 4 is 5.97 Å². The third kappa shape index (κ3) is 44.0. The SMILES string of the molecule is CCCCCCCCCCCCCCCCCCCCCN(CCCCCCCCCCCCCCCCCCCCC)CC(=O)[O-].[Li+]. The van der Waals surface area contributed by atoms with Gasteiger partial charge in [0.25, 0.3) is 0 Å². The Morgan fingerprint density at radius 2 is 0.500 bits per heavy atom. The third-order valence-electron chi connectivity index (χ3n) is 10.5. The minimum absolute atomic E-state index is 0. The van der Waals surface area contributed by atoms with Crippen LogP contribution in [0.1, 0.15) is 258 Å². The number of carbonyl (C=O) groups excluding carboxylic acids is 1. The van der Waals surface area contributed by atoms with E-state index >= 15 is 0 Å². The van der Waals surface area contributed by atoms with Crippen LogP contribution in [0.25, 0.3) is 0 Å². The number of carbonyl (C=O) groups is 1. The Hall–Kier alpha value is 0.0274. The Morgan fingerprint density at radius 3 is 0.667 bits per heavy atom. The molecular weight excluding hydrogens is 581 g/mol. The zero-order valence-corrected chi connectivity index (χ0v) is 33.8. The van der Waals surface area contributed by atoms with Gasteiger partial charge in [-0.15, -0.1) is 0 Å². The minimum atomic E-state index is -0.916. The molecule has 0 aromatic heterocycles. The van der Waals surface area contributed by atoms with Crippen LogP contribution in [0.15, 0.2) is 0 Å². The Morgan fingerprint density at radius 1 is 0.333 bits per heavy atom. The first kappa shape index (κ1) is 50.1. The van der Waals surface area contributed by atoms with Crippen molar-refractivity contribution in [1.29, 1.82) is 0 Å². The number of hydrogen-bond acceptors (Lipinski definition) is 3. The van der Waals surface area contributed by atoms with E-state index in [1.54, 1.807) is 0 Å². The van der Waals surface area contributed by atoms with Gasteiger partial charge in [0, 0.05) is 6.54 Å². The molecule has 0 aliphatic carbocycles. The Kier molecular flexibility index (Phi) is 47.1. The molecule has 4 heteroatoms. The van der Waals surface area contributed by atoms with E-state index in [0.717, 1.165) is 25.9 Å². The van der Waals surface area contributed by atoms with Gasteiger partial charge in [-0.1, -0.05) is 245 Å². The summed E-state index contributed by atoms with van der Waals surface area (Å²) in [5, 5.41) is 11.3. The monoisotopic (exact) mass is 670 g/mol. The summed E-state index contributed by atoms with van der Waals surface area (Å²) in [6, 6.07) is 0. The van der Waals surface area contributed by atoms with Gasteiger partial charge >= 0.3 is 18.9 Å². The van der Waals surface area contributed by atoms with Crippen LogP contribution in [0.5, 0.6) is 0 Å². The van der Waals surface area contributed by atoms with Crippen molar-refractivity contribution in [2.45, 2.75) is 258 Å². The maximum atomic E-state index is 11.3. The van der Waals surface area contributed by atoms with Crippen LogP contribution < -0.4 is 24.0 Å². The number of rotatable bonds is 42. The van der Waals surface area contributed by atoms with E-state index in [-0.39, 0.29) is 25.4 Å². The molecule has 0 fully saturated rings. The number of unbranched alkanes of at least 4 members (excludes halogenated alkanes) is 36. The molecule has 0 aromatic rings. The van der Waals surface area contributed by atoms with E-state index < -0.39 is 5.97 Å². The number of carboxylic acids is 1. The molecule has 3 nitrogen and oxygen atoms in total. The maximum Gasteiger partial charge on any atom is 1.00 e. The quantitative estimate of drug-likeness (QED) is 0.0480. The molecule has 0 bridgehead atoms. The summed E-state index contributed by atoms with van der Waals surface area (Å²) in [6.45, 7) is 6.54. The van der Waals surface area contributed by atoms with Crippen LogP contribution in [-0.2, 0) is 4.79 Å². The van der Waals surface area contributed by atoms with Gasteiger partial charge in [-0.3, -0.25) is 4.90 Å². The maximum absolute atomic E-state index is 11.3. The summed E-state index contributed by atoms with van der Waals surface area (Å²) in [6.07, 6.45) is 52.9. The molecule has 0 aliphatic rings. The standard InChI is InChI=1S/C44H89NO2.Li/c1-3-5-7-9-11-13-15-17-19-21-23-25-27-29-31-33-35-37-39-41-45(43-44(46)47)42-40-38-36-34-32-30-28-26-24-22-20-18-16-14-12-10-8-6-4-2;/h3-43H2,1-2H3,(H,46,47);/q;+1/p-1. The fraction of sp³-hybridized carbons (Fsp3) is 0.977. The van der Waals surface area contributed by atoms with Gasteiger partial charge < -0.3 is 9.90 Å². The average Bonchev–Trinajstić information content (AvgIpc) is 3.06. The van der Waals surface area contributed by atoms with Crippen LogP contribution in [0, 0.1) is 0 Å². The molecule has 48 heavy (non-hydrogen) atoms. The van der Waals surface area contributed by atoms with Gasteiger partial charge in [-0.2, -0.15) is 0 Å². The van der Waals surface area contributed by atoms with Crippen LogP contribution in [-0.4, -0.2) is 30.5 Å². The molecule has 0 radical (unpaired) electrons. The summed E-state index contributed by atoms with van der Waals surface area (Å²) in [5.41, 5.74) is 0. The van der Waals surface area contributed by atoms with E-state index in [9.17, 15) is 9.90 Å². The number of aliphatic carboxylic acids is 1. The Labute approximate surface area is 315 Å². The first-order valence-electron chi connectivity index (χ1n) is 22.1. The van der Waals surface area contributed by atoms with Crippen molar-refractivity contribution in [2.24, 2.45) is 0 Å². The Bertz CT molecular complexity index is 544. The summed E-state index contributed by atoms with van der Waals surface area (Å²) in [5.74, 6) is -0.916. The topological polar surface area (TPSA) is 43.4 Å². The van der Waals surface area contributed by atoms with Crippen molar-refractivity contribution in [3.05, 3.63) is 0 Å². The van der Waals surface area contributed by atoms with Gasteiger partial charge in [0.15, 0.2) is 0 Å². The molecule has 0 rings (SSSR count). The van der Waals surface area contributed by atoms with E-state index in [1.807, 2.05) is 0 Å². The van der Waals surface area contributed by atoms with Crippen LogP contribution in [0.4, 0.5) is 0 Å². The fourth-order valence-electron chi connectivity index (χ4n) is 7.28. The minimum Gasteiger partial charge on any atom is -0.549 e. The molecule has 0 heterocycles. The number of carboxylic acid groups (broad SMARTS) is 1. The van der Waals surface area contributed by atoms with E-state index in [2.05, 4.69) is 18.7 Å². The van der Waals surface area contributed by atoms with Crippen molar-refractivity contribution in [1.82, 2.24) is 4.90 Å². The normalized spacial score (nSPS) is 11.4. The van der Waals surface area contributed by atoms with Gasteiger partial charge in [-0.25, -0.2) is 0 Å². The number of nitrogens with zero attached hydrogens (tertiary/aromatic N) is 1. The average molecular weight is 670 g/mol. The molecule has 0 aromatic carbocycles. The summed E-state index contributed by atoms with van der Waals surface area (Å²) >= 11 is 0. The second kappa shape index (κ2) is 45.0. The molecule has 0 atom stereocenters. The fourth-order valence-corrected chi connectivity index (χ4v) is 7.28. The van der Waals surface area contributed by atoms with Gasteiger partial charge in [-0.05, 0) is 25.9 Å². The first-order chi connectivity index (χ1) is 23.2. The van der Waals surface area contributed by atoms with Gasteiger partial charge in [0.1, 0.15) is 0 Å². The Balaban J connectivity index is 0. The summed E-state index contributed by atoms with van der Waals surface area (Å²) in [7, 11) is 0. The van der Waals surface area contributed by atoms with E-state index in [1.165, 1.54) is 231 Å². The molecule has 282 valence electrons. The zero-order chi connectivity index (χ0) is 34.1. The second-order valence-corrected chi connectivity index (χ2v) is 15.4. The van der Waals surface area contributed by atoms with Gasteiger partial charge in [0.2, 0.25) is 0 Å². The van der Waals surface area contributed by atoms with Crippen LogP contribution in [0.2, 0.25) is 0 Å². The van der Waals surface area contributed by atoms with Crippen molar-refractivity contribution in [3.63, 3.8) is 0 Å². The predicted octanol–water partition coefficient (Wildman–Crippen LogP) is 10.9. The molecular formula is C44H88LiNO2. The molecule has 0 N–H and O–H groups in total. The largest absolute Gasteiger partial charge is 1.00 e. The van der Waals surface area contributed by atoms with Crippen molar-refractivity contribution < 1.29 is 28.8 Å². The molecule has 0 amide bonds. The van der Waals surface area contributed by atoms with Crippen LogP contribution >= 0.6 is 0 Å².